The molecule has 0 spiro atoms. The SMILES string of the molecule is [C]1=C2C=COC=C2CCC1. The van der Waals surface area contributed by atoms with Crippen LogP contribution in [0.3, 0.4) is 0 Å². The van der Waals surface area contributed by atoms with Crippen LogP contribution in [0.1, 0.15) is 19.3 Å². The van der Waals surface area contributed by atoms with Crippen LogP contribution in [0.25, 0.3) is 0 Å². The van der Waals surface area contributed by atoms with Crippen molar-refractivity contribution >= 4 is 0 Å². The van der Waals surface area contributed by atoms with Gasteiger partial charge in [-0.15, -0.1) is 0 Å². The Morgan fingerprint density at radius 2 is 2.50 bits per heavy atom. The van der Waals surface area contributed by atoms with Crippen molar-refractivity contribution in [2.24, 2.45) is 0 Å². The van der Waals surface area contributed by atoms with E-state index in [1.165, 1.54) is 17.6 Å². The lowest BCUT2D eigenvalue weighted by Crippen LogP contribution is -1.98. The van der Waals surface area contributed by atoms with Gasteiger partial charge in [-0.1, -0.05) is 0 Å². The topological polar surface area (TPSA) is 9.23 Å². The first-order chi connectivity index (χ1) is 4.97. The molecule has 0 fully saturated rings. The first kappa shape index (κ1) is 5.78. The van der Waals surface area contributed by atoms with Crippen LogP contribution in [0.4, 0.5) is 0 Å². The predicted octanol–water partition coefficient (Wildman–Crippen LogP) is 2.33. The van der Waals surface area contributed by atoms with Crippen LogP contribution in [-0.4, -0.2) is 0 Å². The third-order valence-corrected chi connectivity index (χ3v) is 1.81. The van der Waals surface area contributed by atoms with E-state index in [-0.39, 0.29) is 0 Å². The molecular formula is C9H9O. The summed E-state index contributed by atoms with van der Waals surface area (Å²) in [5.74, 6) is 0. The molecule has 0 aromatic heterocycles. The highest BCUT2D eigenvalue weighted by Crippen LogP contribution is 2.26. The van der Waals surface area contributed by atoms with Crippen LogP contribution >= 0.6 is 0 Å². The van der Waals surface area contributed by atoms with Crippen molar-refractivity contribution in [3.63, 3.8) is 0 Å². The Balaban J connectivity index is 2.32. The highest BCUT2D eigenvalue weighted by atomic mass is 16.5. The van der Waals surface area contributed by atoms with Crippen LogP contribution in [0.2, 0.25) is 0 Å². The lowest BCUT2D eigenvalue weighted by molar-refractivity contribution is 0.389. The van der Waals surface area contributed by atoms with Crippen LogP contribution in [-0.2, 0) is 4.74 Å². The van der Waals surface area contributed by atoms with E-state index in [1.807, 2.05) is 12.3 Å². The molecule has 1 nitrogen and oxygen atoms in total. The summed E-state index contributed by atoms with van der Waals surface area (Å²) in [7, 11) is 0. The van der Waals surface area contributed by atoms with E-state index in [9.17, 15) is 0 Å². The Labute approximate surface area is 60.7 Å². The fourth-order valence-corrected chi connectivity index (χ4v) is 1.27. The largest absolute Gasteiger partial charge is 0.472 e. The fraction of sp³-hybridized carbons (Fsp3) is 0.333. The zero-order valence-corrected chi connectivity index (χ0v) is 5.76. The van der Waals surface area contributed by atoms with Gasteiger partial charge in [-0.05, 0) is 42.6 Å². The normalized spacial score (nSPS) is 22.4. The molecular weight excluding hydrogens is 124 g/mol. The Morgan fingerprint density at radius 1 is 1.50 bits per heavy atom. The number of allylic oxidation sites excluding steroid dienone is 4. The molecule has 1 heteroatoms. The minimum atomic E-state index is 1.09. The van der Waals surface area contributed by atoms with Crippen LogP contribution in [0.5, 0.6) is 0 Å². The van der Waals surface area contributed by atoms with Gasteiger partial charge in [0.2, 0.25) is 0 Å². The second-order valence-corrected chi connectivity index (χ2v) is 2.53. The predicted molar refractivity (Wildman–Crippen MR) is 38.9 cm³/mol. The molecule has 1 radical (unpaired) electrons. The maximum atomic E-state index is 5.04. The number of ether oxygens (including phenoxy) is 1. The van der Waals surface area contributed by atoms with Gasteiger partial charge >= 0.3 is 0 Å². The molecule has 0 N–H and O–H groups in total. The van der Waals surface area contributed by atoms with Gasteiger partial charge < -0.3 is 4.74 Å². The summed E-state index contributed by atoms with van der Waals surface area (Å²) in [5.41, 5.74) is 2.53. The number of rotatable bonds is 0. The maximum absolute atomic E-state index is 5.04. The Hall–Kier alpha value is -0.980. The van der Waals surface area contributed by atoms with Crippen molar-refractivity contribution in [3.8, 4) is 0 Å². The minimum absolute atomic E-state index is 1.09. The quantitative estimate of drug-likeness (QED) is 0.492. The lowest BCUT2D eigenvalue weighted by atomic mass is 9.94. The highest BCUT2D eigenvalue weighted by Gasteiger charge is 2.10. The molecule has 0 bridgehead atoms. The van der Waals surface area contributed by atoms with E-state index in [2.05, 4.69) is 6.08 Å². The molecule has 10 heavy (non-hydrogen) atoms. The number of hydrogen-bond donors (Lipinski definition) is 0. The zero-order valence-electron chi connectivity index (χ0n) is 5.76. The third-order valence-electron chi connectivity index (χ3n) is 1.81. The van der Waals surface area contributed by atoms with E-state index in [0.29, 0.717) is 0 Å². The van der Waals surface area contributed by atoms with Crippen molar-refractivity contribution in [3.05, 3.63) is 35.8 Å². The van der Waals surface area contributed by atoms with Crippen LogP contribution in [0.15, 0.2) is 29.7 Å². The van der Waals surface area contributed by atoms with Gasteiger partial charge in [0.15, 0.2) is 0 Å². The summed E-state index contributed by atoms with van der Waals surface area (Å²) < 4.78 is 5.04. The molecule has 0 saturated carbocycles. The maximum Gasteiger partial charge on any atom is 0.0939 e. The standard InChI is InChI=1S/C9H9O/c1-2-4-9-7-10-6-5-8(9)3-1/h5-7H,1-2,4H2. The molecule has 0 aromatic carbocycles. The molecule has 0 amide bonds. The summed E-state index contributed by atoms with van der Waals surface area (Å²) in [6.45, 7) is 0. The minimum Gasteiger partial charge on any atom is -0.472 e. The summed E-state index contributed by atoms with van der Waals surface area (Å²) in [5, 5.41) is 0. The molecule has 1 aliphatic heterocycles. The Bertz CT molecular complexity index is 221. The molecule has 1 aliphatic carbocycles. The van der Waals surface area contributed by atoms with E-state index >= 15 is 0 Å². The molecule has 2 rings (SSSR count). The second kappa shape index (κ2) is 2.33. The number of fused-ring (bicyclic) bond motifs is 1. The summed E-state index contributed by atoms with van der Waals surface area (Å²) in [4.78, 5) is 0. The molecule has 0 unspecified atom stereocenters. The average Bonchev–Trinajstić information content (AvgIpc) is 2.05. The van der Waals surface area contributed by atoms with Crippen molar-refractivity contribution < 1.29 is 4.74 Å². The van der Waals surface area contributed by atoms with E-state index in [1.54, 1.807) is 6.26 Å². The monoisotopic (exact) mass is 133 g/mol. The van der Waals surface area contributed by atoms with E-state index < -0.39 is 0 Å². The third kappa shape index (κ3) is 0.878. The first-order valence-electron chi connectivity index (χ1n) is 3.59. The van der Waals surface area contributed by atoms with Gasteiger partial charge in [0.05, 0.1) is 12.5 Å². The van der Waals surface area contributed by atoms with Crippen LogP contribution < -0.4 is 0 Å². The molecule has 1 heterocycles. The second-order valence-electron chi connectivity index (χ2n) is 2.53. The van der Waals surface area contributed by atoms with Gasteiger partial charge in [0.1, 0.15) is 0 Å². The fourth-order valence-electron chi connectivity index (χ4n) is 1.27. The molecule has 0 atom stereocenters. The summed E-state index contributed by atoms with van der Waals surface area (Å²) >= 11 is 0. The van der Waals surface area contributed by atoms with Gasteiger partial charge in [0.25, 0.3) is 0 Å². The zero-order chi connectivity index (χ0) is 6.81. The molecule has 2 aliphatic rings. The molecule has 51 valence electrons. The lowest BCUT2D eigenvalue weighted by Gasteiger charge is -2.15. The van der Waals surface area contributed by atoms with Gasteiger partial charge in [-0.3, -0.25) is 0 Å². The smallest absolute Gasteiger partial charge is 0.0939 e. The highest BCUT2D eigenvalue weighted by molar-refractivity contribution is 5.39. The van der Waals surface area contributed by atoms with Crippen molar-refractivity contribution in [1.82, 2.24) is 0 Å². The van der Waals surface area contributed by atoms with E-state index in [4.69, 9.17) is 4.74 Å². The summed E-state index contributed by atoms with van der Waals surface area (Å²) in [6, 6.07) is 0. The Morgan fingerprint density at radius 3 is 3.40 bits per heavy atom. The van der Waals surface area contributed by atoms with E-state index in [0.717, 1.165) is 12.8 Å². The van der Waals surface area contributed by atoms with Gasteiger partial charge in [-0.2, -0.15) is 0 Å². The number of hydrogen-bond acceptors (Lipinski definition) is 1. The van der Waals surface area contributed by atoms with Crippen molar-refractivity contribution in [2.75, 3.05) is 0 Å². The van der Waals surface area contributed by atoms with Crippen molar-refractivity contribution in [2.45, 2.75) is 19.3 Å². The first-order valence-corrected chi connectivity index (χ1v) is 3.59. The Kier molecular flexibility index (Phi) is 1.35. The molecule has 0 saturated heterocycles. The van der Waals surface area contributed by atoms with Crippen molar-refractivity contribution in [1.29, 1.82) is 0 Å². The summed E-state index contributed by atoms with van der Waals surface area (Å²) in [6.07, 6.45) is 12.3. The van der Waals surface area contributed by atoms with Gasteiger partial charge in [0, 0.05) is 0 Å². The molecule has 0 aromatic rings. The average molecular weight is 133 g/mol. The van der Waals surface area contributed by atoms with Crippen LogP contribution in [0, 0.1) is 6.08 Å². The van der Waals surface area contributed by atoms with Gasteiger partial charge in [-0.25, -0.2) is 0 Å².